The fourth-order valence-electron chi connectivity index (χ4n) is 2.07. The van der Waals surface area contributed by atoms with Crippen LogP contribution in [-0.4, -0.2) is 62.8 Å². The van der Waals surface area contributed by atoms with E-state index in [2.05, 4.69) is 4.98 Å². The average molecular weight is 284 g/mol. The van der Waals surface area contributed by atoms with Crippen molar-refractivity contribution in [2.24, 2.45) is 0 Å². The van der Waals surface area contributed by atoms with Crippen molar-refractivity contribution in [3.8, 4) is 0 Å². The number of amides is 1. The molecule has 9 nitrogen and oxygen atoms in total. The Hall–Kier alpha value is -2.00. The first-order chi connectivity index (χ1) is 9.61. The number of morpholine rings is 1. The second kappa shape index (κ2) is 6.44. The smallest absolute Gasteiger partial charge is 0.381 e. The van der Waals surface area contributed by atoms with E-state index in [0.29, 0.717) is 26.3 Å². The van der Waals surface area contributed by atoms with Crippen LogP contribution in [0.5, 0.6) is 0 Å². The standard InChI is InChI=1S/C11H16N4O5/c16-6-9-7-20-4-3-14(9)11(17)1-2-13-5-10(12-8-13)15(18)19/h5,8-9,16H,1-4,6-7H2. The van der Waals surface area contributed by atoms with Gasteiger partial charge < -0.3 is 29.4 Å². The molecule has 1 saturated heterocycles. The molecule has 1 fully saturated rings. The number of aryl methyl sites for hydroxylation is 1. The molecule has 0 bridgehead atoms. The van der Waals surface area contributed by atoms with E-state index in [1.807, 2.05) is 0 Å². The Balaban J connectivity index is 1.88. The largest absolute Gasteiger partial charge is 0.394 e. The molecule has 9 heteroatoms. The molecule has 0 aromatic carbocycles. The van der Waals surface area contributed by atoms with Gasteiger partial charge in [0.2, 0.25) is 12.2 Å². The van der Waals surface area contributed by atoms with Gasteiger partial charge in [-0.05, 0) is 9.91 Å². The number of hydrogen-bond acceptors (Lipinski definition) is 6. The Morgan fingerprint density at radius 1 is 1.65 bits per heavy atom. The second-order valence-corrected chi connectivity index (χ2v) is 4.48. The first-order valence-corrected chi connectivity index (χ1v) is 6.26. The predicted octanol–water partition coefficient (Wildman–Crippen LogP) is -0.599. The number of nitrogens with zero attached hydrogens (tertiary/aromatic N) is 4. The Labute approximate surface area is 114 Å². The van der Waals surface area contributed by atoms with E-state index in [4.69, 9.17) is 4.74 Å². The molecular formula is C11H16N4O5. The summed E-state index contributed by atoms with van der Waals surface area (Å²) in [4.78, 5) is 27.2. The topological polar surface area (TPSA) is 111 Å². The van der Waals surface area contributed by atoms with Crippen molar-refractivity contribution in [3.05, 3.63) is 22.6 Å². The van der Waals surface area contributed by atoms with Gasteiger partial charge >= 0.3 is 5.82 Å². The Morgan fingerprint density at radius 3 is 3.10 bits per heavy atom. The molecule has 2 heterocycles. The number of ether oxygens (including phenoxy) is 1. The molecule has 110 valence electrons. The first-order valence-electron chi connectivity index (χ1n) is 6.26. The zero-order chi connectivity index (χ0) is 14.5. The Kier molecular flexibility index (Phi) is 4.64. The Bertz CT molecular complexity index is 489. The van der Waals surface area contributed by atoms with Crippen LogP contribution in [0.3, 0.4) is 0 Å². The van der Waals surface area contributed by atoms with E-state index >= 15 is 0 Å². The summed E-state index contributed by atoms with van der Waals surface area (Å²) in [5.41, 5.74) is 0. The molecule has 0 spiro atoms. The number of rotatable bonds is 5. The normalized spacial score (nSPS) is 19.1. The summed E-state index contributed by atoms with van der Waals surface area (Å²) in [5, 5.41) is 19.7. The fraction of sp³-hybridized carbons (Fsp3) is 0.636. The second-order valence-electron chi connectivity index (χ2n) is 4.48. The third kappa shape index (κ3) is 3.31. The van der Waals surface area contributed by atoms with Crippen molar-refractivity contribution in [1.29, 1.82) is 0 Å². The highest BCUT2D eigenvalue weighted by molar-refractivity contribution is 5.76. The van der Waals surface area contributed by atoms with Crippen LogP contribution in [-0.2, 0) is 16.1 Å². The molecule has 1 N–H and O–H groups in total. The lowest BCUT2D eigenvalue weighted by Gasteiger charge is -2.34. The minimum absolute atomic E-state index is 0.108. The van der Waals surface area contributed by atoms with Crippen molar-refractivity contribution in [1.82, 2.24) is 14.5 Å². The van der Waals surface area contributed by atoms with E-state index in [0.717, 1.165) is 0 Å². The van der Waals surface area contributed by atoms with Gasteiger partial charge in [0.25, 0.3) is 0 Å². The van der Waals surface area contributed by atoms with Crippen molar-refractivity contribution in [3.63, 3.8) is 0 Å². The molecule has 1 amide bonds. The lowest BCUT2D eigenvalue weighted by atomic mass is 10.2. The van der Waals surface area contributed by atoms with Gasteiger partial charge in [-0.25, -0.2) is 0 Å². The molecule has 1 aliphatic rings. The number of aliphatic hydroxyl groups is 1. The molecular weight excluding hydrogens is 268 g/mol. The molecule has 1 aromatic heterocycles. The van der Waals surface area contributed by atoms with Crippen molar-refractivity contribution in [2.45, 2.75) is 19.0 Å². The van der Waals surface area contributed by atoms with Crippen LogP contribution in [0, 0.1) is 10.1 Å². The van der Waals surface area contributed by atoms with Crippen LogP contribution in [0.4, 0.5) is 5.82 Å². The molecule has 2 rings (SSSR count). The lowest BCUT2D eigenvalue weighted by molar-refractivity contribution is -0.389. The monoisotopic (exact) mass is 284 g/mol. The summed E-state index contributed by atoms with van der Waals surface area (Å²) in [6.45, 7) is 1.42. The van der Waals surface area contributed by atoms with Crippen LogP contribution in [0.15, 0.2) is 12.5 Å². The molecule has 1 atom stereocenters. The maximum absolute atomic E-state index is 12.1. The van der Waals surface area contributed by atoms with Gasteiger partial charge in [-0.3, -0.25) is 4.79 Å². The first kappa shape index (κ1) is 14.4. The van der Waals surface area contributed by atoms with Crippen LogP contribution < -0.4 is 0 Å². The third-order valence-electron chi connectivity index (χ3n) is 3.15. The number of aromatic nitrogens is 2. The van der Waals surface area contributed by atoms with E-state index in [1.165, 1.54) is 17.1 Å². The summed E-state index contributed by atoms with van der Waals surface area (Å²) in [6, 6.07) is -0.312. The number of hydrogen-bond donors (Lipinski definition) is 1. The van der Waals surface area contributed by atoms with E-state index < -0.39 is 4.92 Å². The molecule has 0 aliphatic carbocycles. The molecule has 1 unspecified atom stereocenters. The minimum Gasteiger partial charge on any atom is -0.394 e. The molecule has 1 aliphatic heterocycles. The van der Waals surface area contributed by atoms with Gasteiger partial charge in [0, 0.05) is 19.5 Å². The summed E-state index contributed by atoms with van der Waals surface area (Å²) in [5.74, 6) is -0.347. The van der Waals surface area contributed by atoms with Gasteiger partial charge in [0.1, 0.15) is 6.20 Å². The SMILES string of the molecule is O=C(CCn1cnc([N+](=O)[O-])c1)N1CCOCC1CO. The highest BCUT2D eigenvalue weighted by atomic mass is 16.6. The van der Waals surface area contributed by atoms with Crippen LogP contribution in [0.2, 0.25) is 0 Å². The van der Waals surface area contributed by atoms with Crippen molar-refractivity contribution in [2.75, 3.05) is 26.4 Å². The summed E-state index contributed by atoms with van der Waals surface area (Å²) < 4.78 is 6.71. The number of carbonyl (C=O) groups is 1. The summed E-state index contributed by atoms with van der Waals surface area (Å²) in [7, 11) is 0. The van der Waals surface area contributed by atoms with Crippen LogP contribution >= 0.6 is 0 Å². The third-order valence-corrected chi connectivity index (χ3v) is 3.15. The van der Waals surface area contributed by atoms with Crippen LogP contribution in [0.25, 0.3) is 0 Å². The fourth-order valence-corrected chi connectivity index (χ4v) is 2.07. The number of aliphatic hydroxyl groups excluding tert-OH is 1. The lowest BCUT2D eigenvalue weighted by Crippen LogP contribution is -2.50. The summed E-state index contributed by atoms with van der Waals surface area (Å²) >= 11 is 0. The Morgan fingerprint density at radius 2 is 2.45 bits per heavy atom. The summed E-state index contributed by atoms with van der Waals surface area (Å²) in [6.07, 6.45) is 2.81. The molecule has 0 saturated carbocycles. The van der Waals surface area contributed by atoms with E-state index in [9.17, 15) is 20.0 Å². The van der Waals surface area contributed by atoms with Crippen molar-refractivity contribution < 1.29 is 19.6 Å². The maximum Gasteiger partial charge on any atom is 0.381 e. The van der Waals surface area contributed by atoms with Gasteiger partial charge in [0.15, 0.2) is 0 Å². The quantitative estimate of drug-likeness (QED) is 0.571. The average Bonchev–Trinajstić information content (AvgIpc) is 2.94. The highest BCUT2D eigenvalue weighted by Crippen LogP contribution is 2.10. The van der Waals surface area contributed by atoms with Gasteiger partial charge in [-0.15, -0.1) is 0 Å². The van der Waals surface area contributed by atoms with E-state index in [1.54, 1.807) is 4.90 Å². The number of carbonyl (C=O) groups excluding carboxylic acids is 1. The number of nitro groups is 1. The minimum atomic E-state index is -0.581. The van der Waals surface area contributed by atoms with Crippen molar-refractivity contribution >= 4 is 11.7 Å². The predicted molar refractivity (Wildman–Crippen MR) is 66.9 cm³/mol. The van der Waals surface area contributed by atoms with Gasteiger partial charge in [-0.1, -0.05) is 0 Å². The van der Waals surface area contributed by atoms with E-state index in [-0.39, 0.29) is 30.8 Å². The van der Waals surface area contributed by atoms with Gasteiger partial charge in [0.05, 0.1) is 25.9 Å². The van der Waals surface area contributed by atoms with Gasteiger partial charge in [-0.2, -0.15) is 0 Å². The number of imidazole rings is 1. The zero-order valence-electron chi connectivity index (χ0n) is 10.8. The van der Waals surface area contributed by atoms with Crippen LogP contribution in [0.1, 0.15) is 6.42 Å². The molecule has 20 heavy (non-hydrogen) atoms. The molecule has 0 radical (unpaired) electrons. The zero-order valence-corrected chi connectivity index (χ0v) is 10.8. The maximum atomic E-state index is 12.1. The molecule has 1 aromatic rings. The highest BCUT2D eigenvalue weighted by Gasteiger charge is 2.26.